The third-order valence-electron chi connectivity index (χ3n) is 5.16. The van der Waals surface area contributed by atoms with Crippen LogP contribution < -0.4 is 10.2 Å². The summed E-state index contributed by atoms with van der Waals surface area (Å²) in [5.74, 6) is -1.17. The van der Waals surface area contributed by atoms with Crippen LogP contribution in [0.1, 0.15) is 11.1 Å². The minimum absolute atomic E-state index is 0.139. The first kappa shape index (κ1) is 22.3. The molecule has 1 fully saturated rings. The van der Waals surface area contributed by atoms with E-state index in [1.165, 1.54) is 28.8 Å². The molecule has 0 radical (unpaired) electrons. The molecule has 0 aromatic heterocycles. The molecular formula is C26H20FN3O2S. The molecule has 4 rings (SSSR count). The molecule has 2 amide bonds. The zero-order valence-corrected chi connectivity index (χ0v) is 18.6. The van der Waals surface area contributed by atoms with Crippen molar-refractivity contribution in [2.75, 3.05) is 10.2 Å². The lowest BCUT2D eigenvalue weighted by atomic mass is 10.1. The van der Waals surface area contributed by atoms with Gasteiger partial charge >= 0.3 is 0 Å². The fourth-order valence-corrected chi connectivity index (χ4v) is 4.77. The summed E-state index contributed by atoms with van der Waals surface area (Å²) in [6, 6.07) is 24.1. The van der Waals surface area contributed by atoms with Crippen LogP contribution in [0.2, 0.25) is 0 Å². The molecule has 164 valence electrons. The number of halogens is 1. The van der Waals surface area contributed by atoms with Crippen molar-refractivity contribution in [2.24, 2.45) is 0 Å². The number of aryl methyl sites for hydroxylation is 1. The van der Waals surface area contributed by atoms with Crippen molar-refractivity contribution in [3.05, 3.63) is 106 Å². The maximum atomic E-state index is 13.4. The van der Waals surface area contributed by atoms with E-state index in [1.54, 1.807) is 48.5 Å². The van der Waals surface area contributed by atoms with Crippen molar-refractivity contribution in [3.63, 3.8) is 0 Å². The monoisotopic (exact) mass is 457 g/mol. The van der Waals surface area contributed by atoms with Gasteiger partial charge in [-0.2, -0.15) is 5.26 Å². The number of carbonyl (C=O) groups is 2. The van der Waals surface area contributed by atoms with Crippen LogP contribution in [-0.2, 0) is 16.0 Å². The molecule has 1 heterocycles. The summed E-state index contributed by atoms with van der Waals surface area (Å²) in [5, 5.41) is 12.3. The van der Waals surface area contributed by atoms with Gasteiger partial charge in [-0.05, 0) is 55.3 Å². The molecule has 1 aliphatic heterocycles. The van der Waals surface area contributed by atoms with Gasteiger partial charge in [-0.25, -0.2) is 4.39 Å². The first-order valence-corrected chi connectivity index (χ1v) is 11.2. The van der Waals surface area contributed by atoms with E-state index in [0.717, 1.165) is 11.1 Å². The Balaban J connectivity index is 1.70. The van der Waals surface area contributed by atoms with Gasteiger partial charge in [0.1, 0.15) is 22.5 Å². The topological polar surface area (TPSA) is 73.2 Å². The van der Waals surface area contributed by atoms with Crippen molar-refractivity contribution >= 4 is 35.0 Å². The number of carbonyl (C=O) groups excluding carboxylic acids is 2. The summed E-state index contributed by atoms with van der Waals surface area (Å²) in [7, 11) is 0. The molecule has 7 heteroatoms. The molecular weight excluding hydrogens is 437 g/mol. The second kappa shape index (κ2) is 9.72. The highest BCUT2D eigenvalue weighted by Gasteiger charge is 2.40. The number of benzene rings is 3. The number of nitrogens with zero attached hydrogens (tertiary/aromatic N) is 2. The number of amides is 2. The Kier molecular flexibility index (Phi) is 6.57. The summed E-state index contributed by atoms with van der Waals surface area (Å²) < 4.78 is 13.3. The Bertz CT molecular complexity index is 1250. The lowest BCUT2D eigenvalue weighted by Gasteiger charge is -2.18. The van der Waals surface area contributed by atoms with E-state index in [-0.39, 0.29) is 22.3 Å². The minimum atomic E-state index is -0.583. The minimum Gasteiger partial charge on any atom is -0.321 e. The zero-order chi connectivity index (χ0) is 23.4. The van der Waals surface area contributed by atoms with Crippen LogP contribution in [-0.4, -0.2) is 17.1 Å². The van der Waals surface area contributed by atoms with Gasteiger partial charge in [-0.1, -0.05) is 59.8 Å². The van der Waals surface area contributed by atoms with Crippen LogP contribution in [0.25, 0.3) is 0 Å². The molecule has 0 saturated carbocycles. The fourth-order valence-electron chi connectivity index (χ4n) is 3.46. The van der Waals surface area contributed by atoms with E-state index < -0.39 is 11.2 Å². The van der Waals surface area contributed by atoms with Crippen LogP contribution in [0, 0.1) is 24.1 Å². The van der Waals surface area contributed by atoms with Gasteiger partial charge in [-0.15, -0.1) is 0 Å². The lowest BCUT2D eigenvalue weighted by molar-refractivity contribution is -0.117. The number of anilines is 2. The largest absolute Gasteiger partial charge is 0.321 e. The third kappa shape index (κ3) is 4.97. The standard InChI is InChI=1S/C26H20FN3O2S/c1-17-7-13-20(14-8-17)29-24(31)22(16-28)26-30(21-5-3-2-4-6-21)25(32)23(33-26)15-18-9-11-19(27)12-10-18/h2-14,23H,15H2,1H3,(H,29,31). The predicted octanol–water partition coefficient (Wildman–Crippen LogP) is 5.20. The van der Waals surface area contributed by atoms with Gasteiger partial charge in [0.15, 0.2) is 0 Å². The molecule has 1 atom stereocenters. The van der Waals surface area contributed by atoms with E-state index in [2.05, 4.69) is 5.32 Å². The van der Waals surface area contributed by atoms with Gasteiger partial charge in [0.2, 0.25) is 5.91 Å². The summed E-state index contributed by atoms with van der Waals surface area (Å²) in [6.45, 7) is 1.94. The number of thioether (sulfide) groups is 1. The summed E-state index contributed by atoms with van der Waals surface area (Å²) >= 11 is 1.17. The number of para-hydroxylation sites is 1. The average molecular weight is 458 g/mol. The smallest absolute Gasteiger partial charge is 0.269 e. The predicted molar refractivity (Wildman–Crippen MR) is 128 cm³/mol. The van der Waals surface area contributed by atoms with Crippen LogP contribution in [0.5, 0.6) is 0 Å². The van der Waals surface area contributed by atoms with E-state index in [9.17, 15) is 19.2 Å². The Morgan fingerprint density at radius 1 is 1.06 bits per heavy atom. The number of hydrogen-bond acceptors (Lipinski definition) is 4. The number of rotatable bonds is 5. The maximum absolute atomic E-state index is 13.4. The van der Waals surface area contributed by atoms with E-state index in [1.807, 2.05) is 31.2 Å². The number of hydrogen-bond donors (Lipinski definition) is 1. The molecule has 33 heavy (non-hydrogen) atoms. The van der Waals surface area contributed by atoms with Gasteiger partial charge in [0.25, 0.3) is 5.91 Å². The molecule has 1 aliphatic rings. The summed E-state index contributed by atoms with van der Waals surface area (Å²) in [4.78, 5) is 27.8. The van der Waals surface area contributed by atoms with Crippen molar-refractivity contribution in [1.29, 1.82) is 5.26 Å². The maximum Gasteiger partial charge on any atom is 0.269 e. The molecule has 0 aliphatic carbocycles. The average Bonchev–Trinajstić information content (AvgIpc) is 3.13. The highest BCUT2D eigenvalue weighted by atomic mass is 32.2. The molecule has 3 aromatic carbocycles. The molecule has 0 spiro atoms. The number of nitrogens with one attached hydrogen (secondary N) is 1. The van der Waals surface area contributed by atoms with E-state index in [4.69, 9.17) is 0 Å². The van der Waals surface area contributed by atoms with Gasteiger partial charge in [0.05, 0.1) is 5.25 Å². The number of nitriles is 1. The Hall–Kier alpha value is -3.89. The first-order chi connectivity index (χ1) is 16.0. The lowest BCUT2D eigenvalue weighted by Crippen LogP contribution is -2.30. The van der Waals surface area contributed by atoms with Gasteiger partial charge in [0, 0.05) is 11.4 Å². The highest BCUT2D eigenvalue weighted by Crippen LogP contribution is 2.42. The molecule has 3 aromatic rings. The van der Waals surface area contributed by atoms with Crippen molar-refractivity contribution in [3.8, 4) is 6.07 Å². The SMILES string of the molecule is Cc1ccc(NC(=O)C(C#N)=C2SC(Cc3ccc(F)cc3)C(=O)N2c2ccccc2)cc1. The summed E-state index contributed by atoms with van der Waals surface area (Å²) in [5.41, 5.74) is 2.83. The molecule has 5 nitrogen and oxygen atoms in total. The Labute approximate surface area is 195 Å². The summed E-state index contributed by atoms with van der Waals surface area (Å²) in [6.07, 6.45) is 0.342. The Morgan fingerprint density at radius 2 is 1.73 bits per heavy atom. The first-order valence-electron chi connectivity index (χ1n) is 10.3. The Morgan fingerprint density at radius 3 is 2.36 bits per heavy atom. The normalized spacial score (nSPS) is 16.9. The van der Waals surface area contributed by atoms with Gasteiger partial charge < -0.3 is 5.32 Å². The van der Waals surface area contributed by atoms with Crippen molar-refractivity contribution < 1.29 is 14.0 Å². The molecule has 0 bridgehead atoms. The van der Waals surface area contributed by atoms with Gasteiger partial charge in [-0.3, -0.25) is 14.5 Å². The zero-order valence-electron chi connectivity index (χ0n) is 17.8. The van der Waals surface area contributed by atoms with Crippen LogP contribution in [0.3, 0.4) is 0 Å². The molecule has 1 N–H and O–H groups in total. The van der Waals surface area contributed by atoms with E-state index in [0.29, 0.717) is 17.8 Å². The molecule has 1 saturated heterocycles. The third-order valence-corrected chi connectivity index (χ3v) is 6.43. The van der Waals surface area contributed by atoms with Crippen LogP contribution >= 0.6 is 11.8 Å². The molecule has 1 unspecified atom stereocenters. The van der Waals surface area contributed by atoms with Crippen molar-refractivity contribution in [1.82, 2.24) is 0 Å². The second-order valence-electron chi connectivity index (χ2n) is 7.56. The quantitative estimate of drug-likeness (QED) is 0.422. The van der Waals surface area contributed by atoms with Crippen molar-refractivity contribution in [2.45, 2.75) is 18.6 Å². The fraction of sp³-hybridized carbons (Fsp3) is 0.115. The van der Waals surface area contributed by atoms with E-state index >= 15 is 0 Å². The highest BCUT2D eigenvalue weighted by molar-refractivity contribution is 8.05. The second-order valence-corrected chi connectivity index (χ2v) is 8.75. The van der Waals surface area contributed by atoms with Crippen LogP contribution in [0.15, 0.2) is 89.5 Å². The van der Waals surface area contributed by atoms with Crippen LogP contribution in [0.4, 0.5) is 15.8 Å².